The number of carbonyl (C=O) groups excluding carboxylic acids is 1. The average molecular weight is 299 g/mol. The third-order valence-electron chi connectivity index (χ3n) is 3.54. The third-order valence-corrected chi connectivity index (χ3v) is 3.96. The predicted molar refractivity (Wildman–Crippen MR) is 83.5 cm³/mol. The summed E-state index contributed by atoms with van der Waals surface area (Å²) in [7, 11) is 0. The van der Waals surface area contributed by atoms with E-state index in [1.807, 2.05) is 6.92 Å². The van der Waals surface area contributed by atoms with Gasteiger partial charge in [0, 0.05) is 21.5 Å². The first-order chi connectivity index (χ1) is 10.1. The molecule has 0 N–H and O–H groups in total. The number of aryl methyl sites for hydroxylation is 1. The van der Waals surface area contributed by atoms with E-state index in [1.54, 1.807) is 42.5 Å². The molecule has 104 valence electrons. The van der Waals surface area contributed by atoms with E-state index in [4.69, 9.17) is 11.6 Å². The number of hydrogen-bond acceptors (Lipinski definition) is 1. The molecule has 0 amide bonds. The molecule has 0 radical (unpaired) electrons. The largest absolute Gasteiger partial charge is 0.289 e. The summed E-state index contributed by atoms with van der Waals surface area (Å²) in [6.07, 6.45) is 0. The van der Waals surface area contributed by atoms with Gasteiger partial charge in [0.25, 0.3) is 0 Å². The van der Waals surface area contributed by atoms with Gasteiger partial charge in [-0.1, -0.05) is 35.9 Å². The average Bonchev–Trinajstić information content (AvgIpc) is 2.50. The molecule has 3 heteroatoms. The number of hydrogen-bond donors (Lipinski definition) is 0. The highest BCUT2D eigenvalue weighted by molar-refractivity contribution is 6.31. The molecule has 3 aromatic carbocycles. The fraction of sp³-hybridized carbons (Fsp3) is 0.0556. The van der Waals surface area contributed by atoms with E-state index >= 15 is 0 Å². The topological polar surface area (TPSA) is 17.1 Å². The fourth-order valence-corrected chi connectivity index (χ4v) is 2.52. The molecular weight excluding hydrogens is 287 g/mol. The van der Waals surface area contributed by atoms with Crippen molar-refractivity contribution in [3.05, 3.63) is 82.1 Å². The normalized spacial score (nSPS) is 10.8. The maximum atomic E-state index is 13.8. The van der Waals surface area contributed by atoms with Crippen LogP contribution < -0.4 is 0 Å². The van der Waals surface area contributed by atoms with E-state index in [9.17, 15) is 9.18 Å². The minimum atomic E-state index is -0.325. The van der Waals surface area contributed by atoms with E-state index in [1.165, 1.54) is 12.1 Å². The molecule has 0 aliphatic carbocycles. The van der Waals surface area contributed by atoms with Crippen molar-refractivity contribution < 1.29 is 9.18 Å². The Morgan fingerprint density at radius 3 is 2.43 bits per heavy atom. The molecule has 0 saturated heterocycles. The summed E-state index contributed by atoms with van der Waals surface area (Å²) in [5, 5.41) is 1.69. The number of ketones is 1. The molecule has 0 aliphatic heterocycles. The molecule has 0 atom stereocenters. The van der Waals surface area contributed by atoms with Crippen molar-refractivity contribution in [3.8, 4) is 0 Å². The van der Waals surface area contributed by atoms with Gasteiger partial charge in [-0.15, -0.1) is 0 Å². The lowest BCUT2D eigenvalue weighted by molar-refractivity contribution is 0.104. The molecule has 0 unspecified atom stereocenters. The number of carbonyl (C=O) groups is 1. The van der Waals surface area contributed by atoms with Crippen LogP contribution in [-0.4, -0.2) is 5.78 Å². The van der Waals surface area contributed by atoms with Gasteiger partial charge in [0.15, 0.2) is 5.78 Å². The van der Waals surface area contributed by atoms with Gasteiger partial charge in [-0.05, 0) is 48.2 Å². The first-order valence-electron chi connectivity index (χ1n) is 6.56. The number of rotatable bonds is 2. The van der Waals surface area contributed by atoms with E-state index in [0.717, 1.165) is 5.56 Å². The first-order valence-corrected chi connectivity index (χ1v) is 6.94. The lowest BCUT2D eigenvalue weighted by atomic mass is 9.96. The summed E-state index contributed by atoms with van der Waals surface area (Å²) in [4.78, 5) is 12.7. The van der Waals surface area contributed by atoms with Crippen LogP contribution in [0.2, 0.25) is 5.02 Å². The molecular formula is C18H12ClFO. The van der Waals surface area contributed by atoms with Crippen molar-refractivity contribution in [1.82, 2.24) is 0 Å². The summed E-state index contributed by atoms with van der Waals surface area (Å²) < 4.78 is 13.8. The van der Waals surface area contributed by atoms with Gasteiger partial charge in [0.2, 0.25) is 0 Å². The van der Waals surface area contributed by atoms with Crippen LogP contribution in [0.3, 0.4) is 0 Å². The van der Waals surface area contributed by atoms with Crippen molar-refractivity contribution in [3.63, 3.8) is 0 Å². The summed E-state index contributed by atoms with van der Waals surface area (Å²) in [5.74, 6) is -0.458. The van der Waals surface area contributed by atoms with E-state index in [0.29, 0.717) is 26.9 Å². The lowest BCUT2D eigenvalue weighted by Crippen LogP contribution is -2.03. The minimum Gasteiger partial charge on any atom is -0.289 e. The third kappa shape index (κ3) is 2.43. The summed E-state index contributed by atoms with van der Waals surface area (Å²) in [5.41, 5.74) is 1.89. The highest BCUT2D eigenvalue weighted by atomic mass is 35.5. The van der Waals surface area contributed by atoms with Gasteiger partial charge >= 0.3 is 0 Å². The minimum absolute atomic E-state index is 0.133. The van der Waals surface area contributed by atoms with Gasteiger partial charge < -0.3 is 0 Å². The van der Waals surface area contributed by atoms with Gasteiger partial charge in [-0.25, -0.2) is 4.39 Å². The molecule has 3 rings (SSSR count). The Labute approximate surface area is 127 Å². The van der Waals surface area contributed by atoms with Gasteiger partial charge in [0.1, 0.15) is 5.82 Å². The van der Waals surface area contributed by atoms with Crippen molar-refractivity contribution in [2.45, 2.75) is 6.92 Å². The lowest BCUT2D eigenvalue weighted by Gasteiger charge is -2.08. The van der Waals surface area contributed by atoms with Crippen LogP contribution in [0.5, 0.6) is 0 Å². The zero-order valence-electron chi connectivity index (χ0n) is 11.4. The van der Waals surface area contributed by atoms with Crippen LogP contribution in [-0.2, 0) is 0 Å². The van der Waals surface area contributed by atoms with Crippen molar-refractivity contribution in [2.24, 2.45) is 0 Å². The maximum absolute atomic E-state index is 13.8. The fourth-order valence-electron chi connectivity index (χ4n) is 2.40. The van der Waals surface area contributed by atoms with Gasteiger partial charge in [0.05, 0.1) is 0 Å². The zero-order valence-corrected chi connectivity index (χ0v) is 12.1. The van der Waals surface area contributed by atoms with Crippen LogP contribution in [0.4, 0.5) is 4.39 Å². The number of halogens is 2. The molecule has 21 heavy (non-hydrogen) atoms. The molecule has 0 aliphatic rings. The Kier molecular flexibility index (Phi) is 3.48. The molecule has 0 aromatic heterocycles. The highest BCUT2D eigenvalue weighted by Gasteiger charge is 2.14. The second kappa shape index (κ2) is 5.30. The molecule has 1 nitrogen and oxygen atoms in total. The standard InChI is InChI=1S/C18H12ClFO/c1-11-10-12(6-8-16(11)19)18(21)15-7-9-17(20)14-5-3-2-4-13(14)15/h2-10H,1H3. The Morgan fingerprint density at radius 2 is 1.71 bits per heavy atom. The Balaban J connectivity index is 2.18. The van der Waals surface area contributed by atoms with Crippen LogP contribution in [0, 0.1) is 12.7 Å². The van der Waals surface area contributed by atoms with E-state index < -0.39 is 0 Å². The van der Waals surface area contributed by atoms with Crippen LogP contribution in [0.25, 0.3) is 10.8 Å². The zero-order chi connectivity index (χ0) is 15.0. The van der Waals surface area contributed by atoms with E-state index in [-0.39, 0.29) is 11.6 Å². The number of benzene rings is 3. The quantitative estimate of drug-likeness (QED) is 0.596. The van der Waals surface area contributed by atoms with Crippen molar-refractivity contribution >= 4 is 28.2 Å². The predicted octanol–water partition coefficient (Wildman–Crippen LogP) is 5.17. The Bertz CT molecular complexity index is 855. The molecule has 3 aromatic rings. The Hall–Kier alpha value is -2.19. The number of fused-ring (bicyclic) bond motifs is 1. The van der Waals surface area contributed by atoms with E-state index in [2.05, 4.69) is 0 Å². The molecule has 0 heterocycles. The van der Waals surface area contributed by atoms with Crippen LogP contribution in [0.15, 0.2) is 54.6 Å². The molecule has 0 saturated carbocycles. The smallest absolute Gasteiger partial charge is 0.193 e. The summed E-state index contributed by atoms with van der Waals surface area (Å²) >= 11 is 5.99. The van der Waals surface area contributed by atoms with Crippen LogP contribution in [0.1, 0.15) is 21.5 Å². The van der Waals surface area contributed by atoms with Gasteiger partial charge in [-0.2, -0.15) is 0 Å². The van der Waals surface area contributed by atoms with Crippen LogP contribution >= 0.6 is 11.6 Å². The molecule has 0 fully saturated rings. The molecule has 0 spiro atoms. The molecule has 0 bridgehead atoms. The second-order valence-corrected chi connectivity index (χ2v) is 5.34. The first kappa shape index (κ1) is 13.8. The second-order valence-electron chi connectivity index (χ2n) is 4.93. The summed E-state index contributed by atoms with van der Waals surface area (Å²) in [6, 6.07) is 15.0. The SMILES string of the molecule is Cc1cc(C(=O)c2ccc(F)c3ccccc23)ccc1Cl. The van der Waals surface area contributed by atoms with Crippen molar-refractivity contribution in [1.29, 1.82) is 0 Å². The highest BCUT2D eigenvalue weighted by Crippen LogP contribution is 2.25. The Morgan fingerprint density at radius 1 is 1.00 bits per heavy atom. The monoisotopic (exact) mass is 298 g/mol. The van der Waals surface area contributed by atoms with Gasteiger partial charge in [-0.3, -0.25) is 4.79 Å². The maximum Gasteiger partial charge on any atom is 0.193 e. The van der Waals surface area contributed by atoms with Crippen molar-refractivity contribution in [2.75, 3.05) is 0 Å². The summed E-state index contributed by atoms with van der Waals surface area (Å²) in [6.45, 7) is 1.85.